The first-order valence-electron chi connectivity index (χ1n) is 8.95. The van der Waals surface area contributed by atoms with Crippen molar-refractivity contribution >= 4 is 5.82 Å². The maximum atomic E-state index is 14.3. The van der Waals surface area contributed by atoms with Gasteiger partial charge in [0.1, 0.15) is 17.3 Å². The maximum absolute atomic E-state index is 14.3. The van der Waals surface area contributed by atoms with Crippen molar-refractivity contribution in [3.05, 3.63) is 35.1 Å². The van der Waals surface area contributed by atoms with Gasteiger partial charge in [0, 0.05) is 18.2 Å². The zero-order valence-electron chi connectivity index (χ0n) is 14.4. The SMILES string of the molecule is CN1CCC[C@@H](Nc2nnc(-c3c(O)cccc3F)c3c2CCC3)C1. The number of aromatic nitrogens is 2. The third kappa shape index (κ3) is 3.06. The number of anilines is 1. The lowest BCUT2D eigenvalue weighted by Gasteiger charge is -2.31. The van der Waals surface area contributed by atoms with Crippen LogP contribution >= 0.6 is 0 Å². The Morgan fingerprint density at radius 3 is 2.84 bits per heavy atom. The van der Waals surface area contributed by atoms with Gasteiger partial charge in [-0.3, -0.25) is 0 Å². The van der Waals surface area contributed by atoms with E-state index in [4.69, 9.17) is 0 Å². The summed E-state index contributed by atoms with van der Waals surface area (Å²) in [5, 5.41) is 22.3. The summed E-state index contributed by atoms with van der Waals surface area (Å²) in [4.78, 5) is 2.32. The van der Waals surface area contributed by atoms with Crippen molar-refractivity contribution < 1.29 is 9.50 Å². The largest absolute Gasteiger partial charge is 0.507 e. The van der Waals surface area contributed by atoms with E-state index >= 15 is 0 Å². The van der Waals surface area contributed by atoms with Gasteiger partial charge in [-0.15, -0.1) is 10.2 Å². The Morgan fingerprint density at radius 2 is 2.04 bits per heavy atom. The summed E-state index contributed by atoms with van der Waals surface area (Å²) in [6, 6.07) is 4.70. The van der Waals surface area contributed by atoms with Crippen molar-refractivity contribution in [1.82, 2.24) is 15.1 Å². The van der Waals surface area contributed by atoms with E-state index in [0.29, 0.717) is 11.7 Å². The molecule has 0 unspecified atom stereocenters. The normalized spacial score (nSPS) is 20.5. The number of likely N-dealkylation sites (tertiary alicyclic amines) is 1. The minimum atomic E-state index is -0.460. The number of hydrogen-bond donors (Lipinski definition) is 2. The van der Waals surface area contributed by atoms with Gasteiger partial charge < -0.3 is 15.3 Å². The number of benzene rings is 1. The van der Waals surface area contributed by atoms with Gasteiger partial charge in [0.2, 0.25) is 0 Å². The minimum Gasteiger partial charge on any atom is -0.507 e. The Labute approximate surface area is 146 Å². The van der Waals surface area contributed by atoms with Crippen LogP contribution in [0.25, 0.3) is 11.3 Å². The molecule has 1 fully saturated rings. The van der Waals surface area contributed by atoms with E-state index in [2.05, 4.69) is 27.5 Å². The molecule has 2 aromatic rings. The average molecular weight is 342 g/mol. The molecular formula is C19H23FN4O. The number of likely N-dealkylation sites (N-methyl/N-ethyl adjacent to an activating group) is 1. The Kier molecular flexibility index (Phi) is 4.29. The van der Waals surface area contributed by atoms with E-state index < -0.39 is 5.82 Å². The smallest absolute Gasteiger partial charge is 0.152 e. The van der Waals surface area contributed by atoms with E-state index in [1.54, 1.807) is 0 Å². The van der Waals surface area contributed by atoms with Crippen LogP contribution in [0.1, 0.15) is 30.4 Å². The first-order valence-corrected chi connectivity index (χ1v) is 8.95. The number of phenolic OH excluding ortho intramolecular Hbond substituents is 1. The van der Waals surface area contributed by atoms with Crippen LogP contribution in [0.15, 0.2) is 18.2 Å². The molecule has 5 nitrogen and oxygen atoms in total. The van der Waals surface area contributed by atoms with Gasteiger partial charge in [-0.05, 0) is 63.4 Å². The number of rotatable bonds is 3. The molecule has 132 valence electrons. The molecule has 1 aromatic heterocycles. The highest BCUT2D eigenvalue weighted by molar-refractivity contribution is 5.73. The molecule has 0 saturated carbocycles. The van der Waals surface area contributed by atoms with Crippen LogP contribution in [0.4, 0.5) is 10.2 Å². The van der Waals surface area contributed by atoms with E-state index in [1.807, 2.05) is 0 Å². The second-order valence-corrected chi connectivity index (χ2v) is 7.09. The Hall–Kier alpha value is -2.21. The van der Waals surface area contributed by atoms with E-state index in [-0.39, 0.29) is 11.3 Å². The zero-order valence-corrected chi connectivity index (χ0v) is 14.4. The molecule has 25 heavy (non-hydrogen) atoms. The van der Waals surface area contributed by atoms with Crippen LogP contribution in [0.2, 0.25) is 0 Å². The van der Waals surface area contributed by atoms with Gasteiger partial charge in [-0.25, -0.2) is 4.39 Å². The Morgan fingerprint density at radius 1 is 1.20 bits per heavy atom. The Balaban J connectivity index is 1.70. The molecular weight excluding hydrogens is 319 g/mol. The number of piperidine rings is 1. The van der Waals surface area contributed by atoms with Gasteiger partial charge in [-0.2, -0.15) is 0 Å². The predicted molar refractivity (Wildman–Crippen MR) is 95.3 cm³/mol. The lowest BCUT2D eigenvalue weighted by molar-refractivity contribution is 0.260. The van der Waals surface area contributed by atoms with E-state index in [0.717, 1.165) is 55.7 Å². The number of nitrogens with one attached hydrogen (secondary N) is 1. The molecule has 0 bridgehead atoms. The average Bonchev–Trinajstić information content (AvgIpc) is 3.06. The number of aromatic hydroxyl groups is 1. The standard InChI is InChI=1S/C19H23FN4O/c1-24-10-4-5-12(11-24)21-19-14-7-2-6-13(14)18(22-23-19)17-15(20)8-3-9-16(17)25/h3,8-9,12,25H,2,4-7,10-11H2,1H3,(H,21,23)/t12-/m1/s1. The summed E-state index contributed by atoms with van der Waals surface area (Å²) >= 11 is 0. The summed E-state index contributed by atoms with van der Waals surface area (Å²) < 4.78 is 14.3. The van der Waals surface area contributed by atoms with Crippen molar-refractivity contribution in [2.45, 2.75) is 38.1 Å². The second-order valence-electron chi connectivity index (χ2n) is 7.09. The molecule has 0 spiro atoms. The predicted octanol–water partition coefficient (Wildman–Crippen LogP) is 2.98. The second kappa shape index (κ2) is 6.59. The molecule has 0 amide bonds. The van der Waals surface area contributed by atoms with Crippen molar-refractivity contribution in [1.29, 1.82) is 0 Å². The summed E-state index contributed by atoms with van der Waals surface area (Å²) in [7, 11) is 2.13. The van der Waals surface area contributed by atoms with Crippen molar-refractivity contribution in [3.63, 3.8) is 0 Å². The number of phenols is 1. The lowest BCUT2D eigenvalue weighted by atomic mass is 10.0. The molecule has 4 rings (SSSR count). The van der Waals surface area contributed by atoms with Crippen LogP contribution in [-0.4, -0.2) is 46.4 Å². The molecule has 2 aliphatic rings. The monoisotopic (exact) mass is 342 g/mol. The molecule has 0 radical (unpaired) electrons. The quantitative estimate of drug-likeness (QED) is 0.898. The first kappa shape index (κ1) is 16.3. The maximum Gasteiger partial charge on any atom is 0.152 e. The highest BCUT2D eigenvalue weighted by Gasteiger charge is 2.26. The molecule has 2 heterocycles. The van der Waals surface area contributed by atoms with Crippen LogP contribution in [0, 0.1) is 5.82 Å². The fraction of sp³-hybridized carbons (Fsp3) is 0.474. The van der Waals surface area contributed by atoms with Gasteiger partial charge in [0.05, 0.1) is 5.56 Å². The van der Waals surface area contributed by atoms with Gasteiger partial charge in [-0.1, -0.05) is 6.07 Å². The van der Waals surface area contributed by atoms with Crippen LogP contribution < -0.4 is 5.32 Å². The van der Waals surface area contributed by atoms with E-state index in [9.17, 15) is 9.50 Å². The van der Waals surface area contributed by atoms with Crippen molar-refractivity contribution in [2.75, 3.05) is 25.5 Å². The number of hydrogen-bond acceptors (Lipinski definition) is 5. The molecule has 2 N–H and O–H groups in total. The summed E-state index contributed by atoms with van der Waals surface area (Å²) in [5.74, 6) is 0.281. The number of halogens is 1. The van der Waals surface area contributed by atoms with Gasteiger partial charge in [0.15, 0.2) is 5.82 Å². The van der Waals surface area contributed by atoms with Crippen LogP contribution in [0.5, 0.6) is 5.75 Å². The highest BCUT2D eigenvalue weighted by atomic mass is 19.1. The van der Waals surface area contributed by atoms with Crippen molar-refractivity contribution in [2.24, 2.45) is 0 Å². The summed E-state index contributed by atoms with van der Waals surface area (Å²) in [6.45, 7) is 2.12. The topological polar surface area (TPSA) is 61.3 Å². The molecule has 6 heteroatoms. The summed E-state index contributed by atoms with van der Waals surface area (Å²) in [6.07, 6.45) is 5.05. The van der Waals surface area contributed by atoms with Crippen LogP contribution in [0.3, 0.4) is 0 Å². The van der Waals surface area contributed by atoms with E-state index in [1.165, 1.54) is 24.6 Å². The third-order valence-electron chi connectivity index (χ3n) is 5.23. The fourth-order valence-corrected chi connectivity index (χ4v) is 4.03. The molecule has 1 saturated heterocycles. The minimum absolute atomic E-state index is 0.0852. The Bertz CT molecular complexity index is 775. The molecule has 1 atom stereocenters. The molecule has 1 aliphatic heterocycles. The summed E-state index contributed by atoms with van der Waals surface area (Å²) in [5.41, 5.74) is 2.79. The van der Waals surface area contributed by atoms with Gasteiger partial charge >= 0.3 is 0 Å². The highest BCUT2D eigenvalue weighted by Crippen LogP contribution is 2.38. The molecule has 1 aromatic carbocycles. The number of fused-ring (bicyclic) bond motifs is 1. The van der Waals surface area contributed by atoms with Gasteiger partial charge in [0.25, 0.3) is 0 Å². The lowest BCUT2D eigenvalue weighted by Crippen LogP contribution is -2.40. The van der Waals surface area contributed by atoms with Crippen molar-refractivity contribution in [3.8, 4) is 17.0 Å². The molecule has 1 aliphatic carbocycles. The number of nitrogens with zero attached hydrogens (tertiary/aromatic N) is 3. The van der Waals surface area contributed by atoms with Crippen LogP contribution in [-0.2, 0) is 12.8 Å². The third-order valence-corrected chi connectivity index (χ3v) is 5.23. The first-order chi connectivity index (χ1) is 12.1. The fourth-order valence-electron chi connectivity index (χ4n) is 4.03. The zero-order chi connectivity index (χ0) is 17.4.